The number of nitrogens with two attached hydrogens (primary N) is 1. The van der Waals surface area contributed by atoms with E-state index in [9.17, 15) is 4.79 Å². The van der Waals surface area contributed by atoms with Gasteiger partial charge in [0.15, 0.2) is 0 Å². The highest BCUT2D eigenvalue weighted by molar-refractivity contribution is 6.30. The van der Waals surface area contributed by atoms with Crippen LogP contribution in [0, 0.1) is 0 Å². The van der Waals surface area contributed by atoms with Gasteiger partial charge in [0.05, 0.1) is 6.04 Å². The summed E-state index contributed by atoms with van der Waals surface area (Å²) < 4.78 is 5.18. The number of rotatable bonds is 3. The third-order valence-corrected chi connectivity index (χ3v) is 2.41. The average molecular weight is 307 g/mol. The van der Waals surface area contributed by atoms with E-state index in [2.05, 4.69) is 5.32 Å². The van der Waals surface area contributed by atoms with Gasteiger partial charge in [0, 0.05) is 11.6 Å². The lowest BCUT2D eigenvalue weighted by Gasteiger charge is -2.23. The first-order chi connectivity index (χ1) is 8.31. The van der Waals surface area contributed by atoms with Crippen LogP contribution in [0.1, 0.15) is 32.4 Å². The second kappa shape index (κ2) is 7.58. The van der Waals surface area contributed by atoms with Crippen molar-refractivity contribution < 1.29 is 9.53 Å². The summed E-state index contributed by atoms with van der Waals surface area (Å²) in [5.74, 6) is 0. The van der Waals surface area contributed by atoms with E-state index in [-0.39, 0.29) is 25.0 Å². The third kappa shape index (κ3) is 6.66. The molecule has 6 heteroatoms. The van der Waals surface area contributed by atoms with E-state index in [0.29, 0.717) is 5.02 Å². The summed E-state index contributed by atoms with van der Waals surface area (Å²) in [7, 11) is 0. The van der Waals surface area contributed by atoms with Crippen LogP contribution in [0.5, 0.6) is 0 Å². The van der Waals surface area contributed by atoms with Crippen LogP contribution >= 0.6 is 24.0 Å². The molecule has 1 aromatic carbocycles. The minimum Gasteiger partial charge on any atom is -0.444 e. The molecule has 0 aliphatic rings. The monoisotopic (exact) mass is 306 g/mol. The van der Waals surface area contributed by atoms with Crippen LogP contribution in [0.15, 0.2) is 24.3 Å². The van der Waals surface area contributed by atoms with Crippen LogP contribution < -0.4 is 11.1 Å². The number of nitrogens with one attached hydrogen (secondary N) is 1. The van der Waals surface area contributed by atoms with Crippen LogP contribution in [0.4, 0.5) is 4.79 Å². The van der Waals surface area contributed by atoms with Crippen molar-refractivity contribution in [2.75, 3.05) is 6.54 Å². The van der Waals surface area contributed by atoms with Crippen LogP contribution in [0.2, 0.25) is 5.02 Å². The molecule has 0 heterocycles. The molecule has 1 rings (SSSR count). The highest BCUT2D eigenvalue weighted by atomic mass is 35.5. The Labute approximate surface area is 125 Å². The first kappa shape index (κ1) is 18.0. The maximum atomic E-state index is 11.7. The predicted molar refractivity (Wildman–Crippen MR) is 79.9 cm³/mol. The van der Waals surface area contributed by atoms with E-state index in [0.717, 1.165) is 5.56 Å². The number of carbonyl (C=O) groups is 1. The number of halogens is 2. The molecule has 108 valence electrons. The van der Waals surface area contributed by atoms with Gasteiger partial charge >= 0.3 is 6.09 Å². The van der Waals surface area contributed by atoms with E-state index in [4.69, 9.17) is 22.1 Å². The lowest BCUT2D eigenvalue weighted by Crippen LogP contribution is -2.37. The van der Waals surface area contributed by atoms with Gasteiger partial charge in [-0.3, -0.25) is 0 Å². The van der Waals surface area contributed by atoms with Crippen molar-refractivity contribution in [2.24, 2.45) is 5.73 Å². The van der Waals surface area contributed by atoms with Gasteiger partial charge < -0.3 is 15.8 Å². The SMILES string of the molecule is CC(C)(C)OC(=O)NC(CN)c1cccc(Cl)c1.Cl. The highest BCUT2D eigenvalue weighted by Crippen LogP contribution is 2.17. The molecule has 0 saturated carbocycles. The molecule has 19 heavy (non-hydrogen) atoms. The van der Waals surface area contributed by atoms with Crippen molar-refractivity contribution >= 4 is 30.1 Å². The van der Waals surface area contributed by atoms with Crippen molar-refractivity contribution in [2.45, 2.75) is 32.4 Å². The summed E-state index contributed by atoms with van der Waals surface area (Å²) in [6.07, 6.45) is -0.488. The third-order valence-electron chi connectivity index (χ3n) is 2.18. The number of amides is 1. The Balaban J connectivity index is 0.00000324. The Bertz CT molecular complexity index is 419. The summed E-state index contributed by atoms with van der Waals surface area (Å²) in [5.41, 5.74) is 5.98. The second-order valence-corrected chi connectivity index (χ2v) is 5.43. The Kier molecular flexibility index (Phi) is 7.19. The van der Waals surface area contributed by atoms with E-state index >= 15 is 0 Å². The first-order valence-electron chi connectivity index (χ1n) is 5.77. The Hall–Kier alpha value is -0.970. The van der Waals surface area contributed by atoms with E-state index in [1.807, 2.05) is 32.9 Å². The lowest BCUT2D eigenvalue weighted by atomic mass is 10.1. The van der Waals surface area contributed by atoms with E-state index < -0.39 is 11.7 Å². The van der Waals surface area contributed by atoms with Crippen molar-refractivity contribution in [1.29, 1.82) is 0 Å². The Morgan fingerprint density at radius 3 is 2.58 bits per heavy atom. The predicted octanol–water partition coefficient (Wildman–Crippen LogP) is 3.29. The zero-order valence-electron chi connectivity index (χ0n) is 11.3. The number of ether oxygens (including phenoxy) is 1. The zero-order valence-corrected chi connectivity index (χ0v) is 12.8. The van der Waals surface area contributed by atoms with Gasteiger partial charge in [-0.15, -0.1) is 12.4 Å². The smallest absolute Gasteiger partial charge is 0.408 e. The molecule has 0 aromatic heterocycles. The quantitative estimate of drug-likeness (QED) is 0.900. The Morgan fingerprint density at radius 1 is 1.47 bits per heavy atom. The molecule has 0 aliphatic heterocycles. The molecule has 1 unspecified atom stereocenters. The molecular formula is C13H20Cl2N2O2. The summed E-state index contributed by atoms with van der Waals surface area (Å²) in [4.78, 5) is 11.7. The molecular weight excluding hydrogens is 287 g/mol. The summed E-state index contributed by atoms with van der Waals surface area (Å²) in [6, 6.07) is 6.92. The summed E-state index contributed by atoms with van der Waals surface area (Å²) in [6.45, 7) is 5.70. The number of benzene rings is 1. The van der Waals surface area contributed by atoms with Crippen molar-refractivity contribution in [3.8, 4) is 0 Å². The van der Waals surface area contributed by atoms with Gasteiger partial charge in [0.25, 0.3) is 0 Å². The molecule has 0 saturated heterocycles. The maximum Gasteiger partial charge on any atom is 0.408 e. The number of hydrogen-bond acceptors (Lipinski definition) is 3. The molecule has 0 bridgehead atoms. The highest BCUT2D eigenvalue weighted by Gasteiger charge is 2.19. The Morgan fingerprint density at radius 2 is 2.11 bits per heavy atom. The van der Waals surface area contributed by atoms with E-state index in [1.54, 1.807) is 12.1 Å². The number of carbonyl (C=O) groups excluding carboxylic acids is 1. The van der Waals surface area contributed by atoms with Crippen LogP contribution in [0.25, 0.3) is 0 Å². The normalized spacial score (nSPS) is 12.3. The van der Waals surface area contributed by atoms with Gasteiger partial charge in [-0.2, -0.15) is 0 Å². The fourth-order valence-electron chi connectivity index (χ4n) is 1.45. The largest absolute Gasteiger partial charge is 0.444 e. The minimum atomic E-state index is -0.530. The van der Waals surface area contributed by atoms with Crippen molar-refractivity contribution in [1.82, 2.24) is 5.32 Å². The molecule has 4 nitrogen and oxygen atoms in total. The molecule has 1 aromatic rings. The molecule has 0 radical (unpaired) electrons. The van der Waals surface area contributed by atoms with Crippen LogP contribution in [0.3, 0.4) is 0 Å². The fraction of sp³-hybridized carbons (Fsp3) is 0.462. The van der Waals surface area contributed by atoms with E-state index in [1.165, 1.54) is 0 Å². The standard InChI is InChI=1S/C13H19ClN2O2.ClH/c1-13(2,3)18-12(17)16-11(8-15)9-5-4-6-10(14)7-9;/h4-7,11H,8,15H2,1-3H3,(H,16,17);1H. The van der Waals surface area contributed by atoms with Gasteiger partial charge in [0.1, 0.15) is 5.60 Å². The molecule has 0 spiro atoms. The van der Waals surface area contributed by atoms with Gasteiger partial charge in [-0.25, -0.2) is 4.79 Å². The lowest BCUT2D eigenvalue weighted by molar-refractivity contribution is 0.0505. The number of hydrogen-bond donors (Lipinski definition) is 2. The molecule has 3 N–H and O–H groups in total. The fourth-order valence-corrected chi connectivity index (χ4v) is 1.65. The van der Waals surface area contributed by atoms with Gasteiger partial charge in [-0.1, -0.05) is 23.7 Å². The topological polar surface area (TPSA) is 64.3 Å². The van der Waals surface area contributed by atoms with Gasteiger partial charge in [0.2, 0.25) is 0 Å². The van der Waals surface area contributed by atoms with Crippen molar-refractivity contribution in [3.63, 3.8) is 0 Å². The zero-order chi connectivity index (χ0) is 13.8. The van der Waals surface area contributed by atoms with Crippen LogP contribution in [-0.4, -0.2) is 18.2 Å². The number of alkyl carbamates (subject to hydrolysis) is 1. The molecule has 0 aliphatic carbocycles. The maximum absolute atomic E-state index is 11.7. The summed E-state index contributed by atoms with van der Waals surface area (Å²) >= 11 is 5.90. The van der Waals surface area contributed by atoms with Crippen LogP contribution in [-0.2, 0) is 4.74 Å². The minimum absolute atomic E-state index is 0. The summed E-state index contributed by atoms with van der Waals surface area (Å²) in [5, 5.41) is 3.33. The molecule has 0 fully saturated rings. The molecule has 1 amide bonds. The second-order valence-electron chi connectivity index (χ2n) is 4.99. The van der Waals surface area contributed by atoms with Crippen molar-refractivity contribution in [3.05, 3.63) is 34.9 Å². The van der Waals surface area contributed by atoms with Gasteiger partial charge in [-0.05, 0) is 38.5 Å². The molecule has 1 atom stereocenters. The average Bonchev–Trinajstić information content (AvgIpc) is 2.23. The first-order valence-corrected chi connectivity index (χ1v) is 6.14.